The van der Waals surface area contributed by atoms with Gasteiger partial charge in [0.25, 0.3) is 0 Å². The molecule has 0 unspecified atom stereocenters. The van der Waals surface area contributed by atoms with Crippen LogP contribution in [0.3, 0.4) is 0 Å². The zero-order valence-electron chi connectivity index (χ0n) is 8.07. The second kappa shape index (κ2) is 4.95. The van der Waals surface area contributed by atoms with Crippen LogP contribution >= 0.6 is 0 Å². The van der Waals surface area contributed by atoms with Gasteiger partial charge in [0.2, 0.25) is 0 Å². The summed E-state index contributed by atoms with van der Waals surface area (Å²) in [6.45, 7) is 12.3. The molecule has 0 aliphatic carbocycles. The maximum absolute atomic E-state index is 3.66. The number of allylic oxidation sites excluding steroid dienone is 5. The first kappa shape index (κ1) is 10.2. The molecule has 0 aromatic carbocycles. The van der Waals surface area contributed by atoms with Crippen molar-refractivity contribution in [1.82, 2.24) is 0 Å². The Kier molecular flexibility index (Phi) is 4.60. The van der Waals surface area contributed by atoms with Crippen molar-refractivity contribution in [2.24, 2.45) is 0 Å². The molecule has 0 heteroatoms. The maximum Gasteiger partial charge on any atom is -0.0108 e. The molecule has 0 atom stereocenters. The minimum absolute atomic E-state index is 1.08. The van der Waals surface area contributed by atoms with E-state index < -0.39 is 0 Å². The lowest BCUT2D eigenvalue weighted by Gasteiger charge is -2.02. The van der Waals surface area contributed by atoms with Crippen LogP contribution in [0.5, 0.6) is 0 Å². The van der Waals surface area contributed by atoms with Crippen LogP contribution in [-0.4, -0.2) is 0 Å². The van der Waals surface area contributed by atoms with Crippen molar-refractivity contribution in [2.75, 3.05) is 0 Å². The van der Waals surface area contributed by atoms with Gasteiger partial charge in [-0.1, -0.05) is 35.5 Å². The van der Waals surface area contributed by atoms with E-state index in [0.717, 1.165) is 6.42 Å². The minimum atomic E-state index is 1.08. The van der Waals surface area contributed by atoms with Crippen LogP contribution in [0.1, 0.15) is 34.1 Å². The van der Waals surface area contributed by atoms with Crippen LogP contribution < -0.4 is 0 Å². The van der Waals surface area contributed by atoms with Gasteiger partial charge in [0.05, 0.1) is 0 Å². The molecule has 0 amide bonds. The Labute approximate surface area is 70.3 Å². The molecule has 0 aliphatic rings. The van der Waals surface area contributed by atoms with Gasteiger partial charge in [0.1, 0.15) is 0 Å². The highest BCUT2D eigenvalue weighted by atomic mass is 14.0. The maximum atomic E-state index is 3.66. The molecule has 0 aliphatic heterocycles. The molecule has 0 saturated carbocycles. The first-order valence-electron chi connectivity index (χ1n) is 3.99. The monoisotopic (exact) mass is 150 g/mol. The quantitative estimate of drug-likeness (QED) is 0.423. The highest BCUT2D eigenvalue weighted by molar-refractivity contribution is 5.18. The number of hydrogen-bond donors (Lipinski definition) is 0. The van der Waals surface area contributed by atoms with E-state index >= 15 is 0 Å². The molecule has 0 N–H and O–H groups in total. The molecule has 0 saturated heterocycles. The van der Waals surface area contributed by atoms with E-state index in [2.05, 4.69) is 40.3 Å². The van der Waals surface area contributed by atoms with Gasteiger partial charge in [0, 0.05) is 0 Å². The van der Waals surface area contributed by atoms with E-state index in [1.807, 2.05) is 6.08 Å². The molecule has 0 heterocycles. The molecule has 11 heavy (non-hydrogen) atoms. The lowest BCUT2D eigenvalue weighted by molar-refractivity contribution is 1.06. The van der Waals surface area contributed by atoms with E-state index in [1.165, 1.54) is 16.7 Å². The molecular weight excluding hydrogens is 132 g/mol. The minimum Gasteiger partial charge on any atom is -0.0991 e. The largest absolute Gasteiger partial charge is 0.0991 e. The normalized spacial score (nSPS) is 11.1. The standard InChI is InChI=1S/C11H18/c1-6-7-10(4)8-11(5)9(2)3/h6-7H,1,8H2,2-5H3/b10-7-. The van der Waals surface area contributed by atoms with Crippen LogP contribution in [0.25, 0.3) is 0 Å². The summed E-state index contributed by atoms with van der Waals surface area (Å²) in [5.41, 5.74) is 4.25. The Morgan fingerprint density at radius 3 is 2.09 bits per heavy atom. The van der Waals surface area contributed by atoms with E-state index in [0.29, 0.717) is 0 Å². The van der Waals surface area contributed by atoms with Gasteiger partial charge in [-0.05, 0) is 34.1 Å². The van der Waals surface area contributed by atoms with Gasteiger partial charge in [0.15, 0.2) is 0 Å². The fourth-order valence-corrected chi connectivity index (χ4v) is 0.855. The van der Waals surface area contributed by atoms with Crippen molar-refractivity contribution in [3.8, 4) is 0 Å². The zero-order valence-corrected chi connectivity index (χ0v) is 8.07. The average molecular weight is 150 g/mol. The molecule has 0 aromatic rings. The topological polar surface area (TPSA) is 0 Å². The smallest absolute Gasteiger partial charge is 0.0108 e. The lowest BCUT2D eigenvalue weighted by Crippen LogP contribution is -1.82. The summed E-state index contributed by atoms with van der Waals surface area (Å²) in [5, 5.41) is 0. The predicted octanol–water partition coefficient (Wildman–Crippen LogP) is 3.87. The SMILES string of the molecule is C=C/C=C(/C)CC(C)=C(C)C. The first-order chi connectivity index (χ1) is 5.07. The Morgan fingerprint density at radius 1 is 1.18 bits per heavy atom. The molecule has 0 bridgehead atoms. The Bertz CT molecular complexity index is 188. The van der Waals surface area contributed by atoms with Crippen molar-refractivity contribution >= 4 is 0 Å². The van der Waals surface area contributed by atoms with E-state index in [-0.39, 0.29) is 0 Å². The third-order valence-corrected chi connectivity index (χ3v) is 1.80. The van der Waals surface area contributed by atoms with Crippen molar-refractivity contribution in [2.45, 2.75) is 34.1 Å². The molecule has 0 radical (unpaired) electrons. The third-order valence-electron chi connectivity index (χ3n) is 1.80. The lowest BCUT2D eigenvalue weighted by atomic mass is 10.0. The zero-order chi connectivity index (χ0) is 8.85. The van der Waals surface area contributed by atoms with Gasteiger partial charge in [-0.15, -0.1) is 0 Å². The van der Waals surface area contributed by atoms with E-state index in [4.69, 9.17) is 0 Å². The van der Waals surface area contributed by atoms with Crippen LogP contribution in [0.2, 0.25) is 0 Å². The van der Waals surface area contributed by atoms with Crippen LogP contribution in [0.15, 0.2) is 35.5 Å². The summed E-state index contributed by atoms with van der Waals surface area (Å²) in [4.78, 5) is 0. The van der Waals surface area contributed by atoms with Crippen LogP contribution in [0, 0.1) is 0 Å². The van der Waals surface area contributed by atoms with Gasteiger partial charge in [-0.2, -0.15) is 0 Å². The van der Waals surface area contributed by atoms with Crippen molar-refractivity contribution in [3.63, 3.8) is 0 Å². The molecule has 0 rings (SSSR count). The Balaban J connectivity index is 4.16. The number of hydrogen-bond acceptors (Lipinski definition) is 0. The molecule has 0 spiro atoms. The summed E-state index contributed by atoms with van der Waals surface area (Å²) in [5.74, 6) is 0. The molecule has 0 nitrogen and oxygen atoms in total. The van der Waals surface area contributed by atoms with Gasteiger partial charge >= 0.3 is 0 Å². The molecule has 0 fully saturated rings. The summed E-state index contributed by atoms with van der Waals surface area (Å²) < 4.78 is 0. The first-order valence-corrected chi connectivity index (χ1v) is 3.99. The summed E-state index contributed by atoms with van der Waals surface area (Å²) in [6, 6.07) is 0. The molecular formula is C11H18. The fourth-order valence-electron chi connectivity index (χ4n) is 0.855. The van der Waals surface area contributed by atoms with Gasteiger partial charge in [-0.3, -0.25) is 0 Å². The second-order valence-electron chi connectivity index (χ2n) is 3.21. The second-order valence-corrected chi connectivity index (χ2v) is 3.21. The highest BCUT2D eigenvalue weighted by Gasteiger charge is 1.92. The summed E-state index contributed by atoms with van der Waals surface area (Å²) >= 11 is 0. The third kappa shape index (κ3) is 4.60. The van der Waals surface area contributed by atoms with Crippen molar-refractivity contribution in [1.29, 1.82) is 0 Å². The molecule has 0 aromatic heterocycles. The predicted molar refractivity (Wildman–Crippen MR) is 52.6 cm³/mol. The Morgan fingerprint density at radius 2 is 1.73 bits per heavy atom. The molecule has 62 valence electrons. The average Bonchev–Trinajstić information content (AvgIpc) is 1.87. The van der Waals surface area contributed by atoms with Crippen LogP contribution in [0.4, 0.5) is 0 Å². The Hall–Kier alpha value is -0.780. The fraction of sp³-hybridized carbons (Fsp3) is 0.455. The summed E-state index contributed by atoms with van der Waals surface area (Å²) in [6.07, 6.45) is 4.98. The number of rotatable bonds is 3. The summed E-state index contributed by atoms with van der Waals surface area (Å²) in [7, 11) is 0. The highest BCUT2D eigenvalue weighted by Crippen LogP contribution is 2.13. The van der Waals surface area contributed by atoms with Gasteiger partial charge in [-0.25, -0.2) is 0 Å². The van der Waals surface area contributed by atoms with Crippen molar-refractivity contribution < 1.29 is 0 Å². The van der Waals surface area contributed by atoms with Crippen molar-refractivity contribution in [3.05, 3.63) is 35.5 Å². The van der Waals surface area contributed by atoms with E-state index in [1.54, 1.807) is 0 Å². The van der Waals surface area contributed by atoms with Gasteiger partial charge < -0.3 is 0 Å². The van der Waals surface area contributed by atoms with E-state index in [9.17, 15) is 0 Å². The van der Waals surface area contributed by atoms with Crippen LogP contribution in [-0.2, 0) is 0 Å².